The van der Waals surface area contributed by atoms with Gasteiger partial charge in [0.05, 0.1) is 0 Å². The molecule has 0 N–H and O–H groups in total. The van der Waals surface area contributed by atoms with E-state index in [1.807, 2.05) is 0 Å². The zero-order valence-electron chi connectivity index (χ0n) is 11.6. The van der Waals surface area contributed by atoms with Gasteiger partial charge in [0.25, 0.3) is 0 Å². The number of hydrogen-bond donors (Lipinski definition) is 0. The van der Waals surface area contributed by atoms with Gasteiger partial charge in [0.1, 0.15) is 0 Å². The summed E-state index contributed by atoms with van der Waals surface area (Å²) >= 11 is 0. The van der Waals surface area contributed by atoms with Crippen LogP contribution in [0.2, 0.25) is 0 Å². The Balaban J connectivity index is 1.89. The Morgan fingerprint density at radius 3 is 2.35 bits per heavy atom. The number of carbonyl (C=O) groups is 1. The van der Waals surface area contributed by atoms with Gasteiger partial charge in [0, 0.05) is 19.0 Å². The molecule has 2 heteroatoms. The SMILES string of the molecule is CCC1CCC(N2CC(C(C)C)CC2=O)CC1. The van der Waals surface area contributed by atoms with Gasteiger partial charge in [-0.2, -0.15) is 0 Å². The van der Waals surface area contributed by atoms with Crippen LogP contribution in [0, 0.1) is 17.8 Å². The first kappa shape index (κ1) is 12.9. The number of carbonyl (C=O) groups excluding carboxylic acids is 1. The fourth-order valence-electron chi connectivity index (χ4n) is 3.42. The molecule has 17 heavy (non-hydrogen) atoms. The fraction of sp³-hybridized carbons (Fsp3) is 0.933. The molecule has 2 fully saturated rings. The van der Waals surface area contributed by atoms with Gasteiger partial charge >= 0.3 is 0 Å². The first-order chi connectivity index (χ1) is 8.11. The zero-order valence-corrected chi connectivity index (χ0v) is 11.6. The number of rotatable bonds is 3. The van der Waals surface area contributed by atoms with E-state index in [2.05, 4.69) is 25.7 Å². The van der Waals surface area contributed by atoms with Gasteiger partial charge < -0.3 is 4.90 Å². The molecule has 1 aliphatic carbocycles. The molecule has 0 bridgehead atoms. The Bertz CT molecular complexity index is 266. The summed E-state index contributed by atoms with van der Waals surface area (Å²) in [6, 6.07) is 0.564. The molecule has 0 aromatic heterocycles. The largest absolute Gasteiger partial charge is 0.339 e. The van der Waals surface area contributed by atoms with Crippen LogP contribution in [0.1, 0.15) is 59.3 Å². The third-order valence-corrected chi connectivity index (χ3v) is 4.97. The van der Waals surface area contributed by atoms with Crippen molar-refractivity contribution in [2.24, 2.45) is 17.8 Å². The summed E-state index contributed by atoms with van der Waals surface area (Å²) in [5.74, 6) is 2.59. The molecule has 0 spiro atoms. The molecule has 1 heterocycles. The number of hydrogen-bond acceptors (Lipinski definition) is 1. The van der Waals surface area contributed by atoms with E-state index in [1.165, 1.54) is 32.1 Å². The van der Waals surface area contributed by atoms with Crippen LogP contribution >= 0.6 is 0 Å². The quantitative estimate of drug-likeness (QED) is 0.736. The molecule has 1 saturated heterocycles. The van der Waals surface area contributed by atoms with E-state index < -0.39 is 0 Å². The maximum Gasteiger partial charge on any atom is 0.223 e. The minimum Gasteiger partial charge on any atom is -0.339 e. The first-order valence-corrected chi connectivity index (χ1v) is 7.41. The summed E-state index contributed by atoms with van der Waals surface area (Å²) in [5, 5.41) is 0. The molecule has 1 atom stereocenters. The monoisotopic (exact) mass is 237 g/mol. The van der Waals surface area contributed by atoms with E-state index in [0.29, 0.717) is 23.8 Å². The van der Waals surface area contributed by atoms with Crippen molar-refractivity contribution in [3.8, 4) is 0 Å². The van der Waals surface area contributed by atoms with Crippen LogP contribution in [0.4, 0.5) is 0 Å². The predicted molar refractivity (Wildman–Crippen MR) is 70.7 cm³/mol. The van der Waals surface area contributed by atoms with E-state index in [-0.39, 0.29) is 0 Å². The third-order valence-electron chi connectivity index (χ3n) is 4.97. The molecule has 1 unspecified atom stereocenters. The highest BCUT2D eigenvalue weighted by Crippen LogP contribution is 2.34. The van der Waals surface area contributed by atoms with Gasteiger partial charge in [-0.1, -0.05) is 27.2 Å². The molecule has 1 amide bonds. The molecule has 2 aliphatic rings. The molecule has 0 aromatic rings. The van der Waals surface area contributed by atoms with Gasteiger partial charge in [0.2, 0.25) is 5.91 Å². The lowest BCUT2D eigenvalue weighted by atomic mass is 9.84. The maximum absolute atomic E-state index is 12.1. The highest BCUT2D eigenvalue weighted by molar-refractivity contribution is 5.79. The number of amides is 1. The van der Waals surface area contributed by atoms with Crippen molar-refractivity contribution in [3.63, 3.8) is 0 Å². The topological polar surface area (TPSA) is 20.3 Å². The van der Waals surface area contributed by atoms with Gasteiger partial charge in [-0.05, 0) is 43.4 Å². The Morgan fingerprint density at radius 1 is 1.24 bits per heavy atom. The van der Waals surface area contributed by atoms with E-state index >= 15 is 0 Å². The van der Waals surface area contributed by atoms with Crippen molar-refractivity contribution in [1.29, 1.82) is 0 Å². The summed E-state index contributed by atoms with van der Waals surface area (Å²) < 4.78 is 0. The normalized spacial score (nSPS) is 34.7. The zero-order chi connectivity index (χ0) is 12.4. The molecule has 2 rings (SSSR count). The van der Waals surface area contributed by atoms with Crippen molar-refractivity contribution in [3.05, 3.63) is 0 Å². The van der Waals surface area contributed by atoms with Crippen LogP contribution < -0.4 is 0 Å². The Labute approximate surface area is 106 Å². The highest BCUT2D eigenvalue weighted by Gasteiger charge is 2.36. The highest BCUT2D eigenvalue weighted by atomic mass is 16.2. The molecular formula is C15H27NO. The van der Waals surface area contributed by atoms with Crippen LogP contribution in [0.3, 0.4) is 0 Å². The summed E-state index contributed by atoms with van der Waals surface area (Å²) in [6.07, 6.45) is 7.26. The molecule has 0 radical (unpaired) electrons. The number of nitrogens with zero attached hydrogens (tertiary/aromatic N) is 1. The summed E-state index contributed by atoms with van der Waals surface area (Å²) in [7, 11) is 0. The second-order valence-corrected chi connectivity index (χ2v) is 6.34. The van der Waals surface area contributed by atoms with Crippen molar-refractivity contribution < 1.29 is 4.79 Å². The maximum atomic E-state index is 12.1. The van der Waals surface area contributed by atoms with Gasteiger partial charge in [-0.3, -0.25) is 4.79 Å². The average Bonchev–Trinajstić information content (AvgIpc) is 2.72. The van der Waals surface area contributed by atoms with Crippen LogP contribution in [-0.2, 0) is 4.79 Å². The van der Waals surface area contributed by atoms with Crippen molar-refractivity contribution in [1.82, 2.24) is 4.90 Å². The molecule has 1 aliphatic heterocycles. The lowest BCUT2D eigenvalue weighted by Gasteiger charge is -2.34. The summed E-state index contributed by atoms with van der Waals surface area (Å²) in [4.78, 5) is 14.3. The van der Waals surface area contributed by atoms with Crippen LogP contribution in [0.25, 0.3) is 0 Å². The second-order valence-electron chi connectivity index (χ2n) is 6.34. The van der Waals surface area contributed by atoms with Gasteiger partial charge in [-0.25, -0.2) is 0 Å². The van der Waals surface area contributed by atoms with Crippen molar-refractivity contribution >= 4 is 5.91 Å². The third kappa shape index (κ3) is 2.83. The fourth-order valence-corrected chi connectivity index (χ4v) is 3.42. The molecule has 2 nitrogen and oxygen atoms in total. The predicted octanol–water partition coefficient (Wildman–Crippen LogP) is 3.46. The van der Waals surface area contributed by atoms with Crippen LogP contribution in [0.5, 0.6) is 0 Å². The van der Waals surface area contributed by atoms with Crippen LogP contribution in [-0.4, -0.2) is 23.4 Å². The molecule has 98 valence electrons. The lowest BCUT2D eigenvalue weighted by molar-refractivity contribution is -0.130. The van der Waals surface area contributed by atoms with Gasteiger partial charge in [0.15, 0.2) is 0 Å². The Morgan fingerprint density at radius 2 is 1.88 bits per heavy atom. The molecule has 1 saturated carbocycles. The smallest absolute Gasteiger partial charge is 0.223 e. The molecule has 0 aromatic carbocycles. The second kappa shape index (κ2) is 5.41. The Hall–Kier alpha value is -0.530. The minimum absolute atomic E-state index is 0.420. The van der Waals surface area contributed by atoms with E-state index in [0.717, 1.165) is 18.9 Å². The van der Waals surface area contributed by atoms with E-state index in [9.17, 15) is 4.79 Å². The summed E-state index contributed by atoms with van der Waals surface area (Å²) in [5.41, 5.74) is 0. The lowest BCUT2D eigenvalue weighted by Crippen LogP contribution is -2.39. The average molecular weight is 237 g/mol. The standard InChI is InChI=1S/C15H27NO/c1-4-12-5-7-14(8-6-12)16-10-13(11(2)3)9-15(16)17/h11-14H,4-10H2,1-3H3. The number of likely N-dealkylation sites (tertiary alicyclic amines) is 1. The van der Waals surface area contributed by atoms with Gasteiger partial charge in [-0.15, -0.1) is 0 Å². The van der Waals surface area contributed by atoms with E-state index in [1.54, 1.807) is 0 Å². The van der Waals surface area contributed by atoms with Crippen LogP contribution in [0.15, 0.2) is 0 Å². The van der Waals surface area contributed by atoms with Crippen molar-refractivity contribution in [2.45, 2.75) is 65.3 Å². The Kier molecular flexibility index (Phi) is 4.11. The van der Waals surface area contributed by atoms with E-state index in [4.69, 9.17) is 0 Å². The van der Waals surface area contributed by atoms with Crippen molar-refractivity contribution in [2.75, 3.05) is 6.54 Å². The first-order valence-electron chi connectivity index (χ1n) is 7.41. The minimum atomic E-state index is 0.420. The summed E-state index contributed by atoms with van der Waals surface area (Å²) in [6.45, 7) is 7.81. The molecular weight excluding hydrogens is 210 g/mol.